The molecule has 148 valence electrons. The maximum absolute atomic E-state index is 12.7. The Morgan fingerprint density at radius 1 is 0.857 bits per heavy atom. The Kier molecular flexibility index (Phi) is 6.53. The van der Waals surface area contributed by atoms with E-state index in [4.69, 9.17) is 0 Å². The maximum atomic E-state index is 12.7. The van der Waals surface area contributed by atoms with Crippen molar-refractivity contribution in [2.24, 2.45) is 5.92 Å². The second kappa shape index (κ2) is 9.26. The smallest absolute Gasteiger partial charge is 0.319 e. The second-order valence-electron chi connectivity index (χ2n) is 7.42. The molecule has 0 spiro atoms. The number of anilines is 3. The highest BCUT2D eigenvalue weighted by Gasteiger charge is 2.24. The van der Waals surface area contributed by atoms with Crippen LogP contribution in [0.15, 0.2) is 54.6 Å². The van der Waals surface area contributed by atoms with E-state index in [1.54, 1.807) is 12.1 Å². The third kappa shape index (κ3) is 5.25. The lowest BCUT2D eigenvalue weighted by Crippen LogP contribution is -2.48. The predicted octanol–water partition coefficient (Wildman–Crippen LogP) is 4.07. The zero-order chi connectivity index (χ0) is 19.9. The van der Waals surface area contributed by atoms with Gasteiger partial charge in [0.2, 0.25) is 5.91 Å². The van der Waals surface area contributed by atoms with Crippen molar-refractivity contribution in [2.45, 2.75) is 32.7 Å². The van der Waals surface area contributed by atoms with Crippen LogP contribution < -0.4 is 20.9 Å². The number of nitrogens with zero attached hydrogens (tertiary/aromatic N) is 1. The topological polar surface area (TPSA) is 73.5 Å². The molecule has 28 heavy (non-hydrogen) atoms. The van der Waals surface area contributed by atoms with Crippen LogP contribution in [-0.4, -0.2) is 31.1 Å². The van der Waals surface area contributed by atoms with Crippen LogP contribution in [-0.2, 0) is 4.79 Å². The van der Waals surface area contributed by atoms with E-state index in [2.05, 4.69) is 20.9 Å². The highest BCUT2D eigenvalue weighted by atomic mass is 16.2. The first-order valence-electron chi connectivity index (χ1n) is 9.81. The molecule has 6 nitrogen and oxygen atoms in total. The van der Waals surface area contributed by atoms with Gasteiger partial charge < -0.3 is 20.9 Å². The van der Waals surface area contributed by atoms with Crippen molar-refractivity contribution in [1.29, 1.82) is 0 Å². The first-order chi connectivity index (χ1) is 13.5. The first kappa shape index (κ1) is 19.7. The van der Waals surface area contributed by atoms with Crippen molar-refractivity contribution in [3.05, 3.63) is 54.6 Å². The molecule has 1 aliphatic rings. The number of hydrogen-bond donors (Lipinski definition) is 3. The molecule has 3 amide bonds. The third-order valence-electron chi connectivity index (χ3n) is 4.87. The van der Waals surface area contributed by atoms with Crippen LogP contribution in [0.5, 0.6) is 0 Å². The molecule has 0 bridgehead atoms. The van der Waals surface area contributed by atoms with E-state index in [1.807, 2.05) is 56.3 Å². The third-order valence-corrected chi connectivity index (χ3v) is 4.87. The Morgan fingerprint density at radius 2 is 1.46 bits per heavy atom. The van der Waals surface area contributed by atoms with Gasteiger partial charge in [-0.2, -0.15) is 0 Å². The van der Waals surface area contributed by atoms with Crippen LogP contribution in [0.2, 0.25) is 0 Å². The van der Waals surface area contributed by atoms with Gasteiger partial charge in [0.25, 0.3) is 0 Å². The van der Waals surface area contributed by atoms with E-state index < -0.39 is 12.1 Å². The number of carbonyl (C=O) groups excluding carboxylic acids is 2. The molecule has 3 rings (SSSR count). The quantitative estimate of drug-likeness (QED) is 0.707. The minimum Gasteiger partial charge on any atom is -0.372 e. The summed E-state index contributed by atoms with van der Waals surface area (Å²) in [4.78, 5) is 27.3. The lowest BCUT2D eigenvalue weighted by Gasteiger charge is -2.22. The fraction of sp³-hybridized carbons (Fsp3) is 0.364. The predicted molar refractivity (Wildman–Crippen MR) is 114 cm³/mol. The summed E-state index contributed by atoms with van der Waals surface area (Å²) in [6.45, 7) is 5.98. The Labute approximate surface area is 166 Å². The number of urea groups is 1. The van der Waals surface area contributed by atoms with E-state index >= 15 is 0 Å². The first-order valence-corrected chi connectivity index (χ1v) is 9.81. The lowest BCUT2D eigenvalue weighted by molar-refractivity contribution is -0.118. The van der Waals surface area contributed by atoms with Crippen LogP contribution >= 0.6 is 0 Å². The monoisotopic (exact) mass is 380 g/mol. The van der Waals surface area contributed by atoms with E-state index in [0.29, 0.717) is 5.69 Å². The normalized spacial score (nSPS) is 14.6. The molecule has 2 aromatic rings. The summed E-state index contributed by atoms with van der Waals surface area (Å²) >= 11 is 0. The van der Waals surface area contributed by atoms with E-state index in [-0.39, 0.29) is 11.8 Å². The molecule has 1 aliphatic heterocycles. The van der Waals surface area contributed by atoms with Gasteiger partial charge in [-0.15, -0.1) is 0 Å². The van der Waals surface area contributed by atoms with Gasteiger partial charge in [-0.25, -0.2) is 4.79 Å². The average Bonchev–Trinajstić information content (AvgIpc) is 3.22. The summed E-state index contributed by atoms with van der Waals surface area (Å²) in [5, 5.41) is 8.43. The zero-order valence-electron chi connectivity index (χ0n) is 16.4. The van der Waals surface area contributed by atoms with Crippen LogP contribution in [0.25, 0.3) is 0 Å². The van der Waals surface area contributed by atoms with Gasteiger partial charge in [-0.1, -0.05) is 32.0 Å². The number of benzene rings is 2. The molecule has 3 N–H and O–H groups in total. The summed E-state index contributed by atoms with van der Waals surface area (Å²) in [6.07, 6.45) is 2.45. The molecule has 0 aromatic heterocycles. The minimum atomic E-state index is -0.637. The molecule has 1 atom stereocenters. The molecule has 0 aliphatic carbocycles. The number of para-hydroxylation sites is 1. The van der Waals surface area contributed by atoms with Crippen molar-refractivity contribution in [3.8, 4) is 0 Å². The van der Waals surface area contributed by atoms with E-state index in [9.17, 15) is 9.59 Å². The Bertz CT molecular complexity index is 784. The van der Waals surface area contributed by atoms with Crippen molar-refractivity contribution >= 4 is 29.0 Å². The molecule has 1 fully saturated rings. The fourth-order valence-corrected chi connectivity index (χ4v) is 3.32. The number of carbonyl (C=O) groups is 2. The zero-order valence-corrected chi connectivity index (χ0v) is 16.4. The summed E-state index contributed by atoms with van der Waals surface area (Å²) in [5.74, 6) is -0.280. The van der Waals surface area contributed by atoms with Crippen molar-refractivity contribution in [2.75, 3.05) is 28.6 Å². The molecule has 1 saturated heterocycles. The van der Waals surface area contributed by atoms with Crippen LogP contribution in [0, 0.1) is 5.92 Å². The summed E-state index contributed by atoms with van der Waals surface area (Å²) < 4.78 is 0. The Morgan fingerprint density at radius 3 is 2.07 bits per heavy atom. The van der Waals surface area contributed by atoms with Crippen LogP contribution in [0.1, 0.15) is 26.7 Å². The second-order valence-corrected chi connectivity index (χ2v) is 7.42. The van der Waals surface area contributed by atoms with E-state index in [1.165, 1.54) is 18.5 Å². The van der Waals surface area contributed by atoms with Gasteiger partial charge in [0.1, 0.15) is 6.04 Å². The van der Waals surface area contributed by atoms with Gasteiger partial charge >= 0.3 is 6.03 Å². The van der Waals surface area contributed by atoms with Gasteiger partial charge in [0.05, 0.1) is 0 Å². The molecule has 0 saturated carbocycles. The molecular weight excluding hydrogens is 352 g/mol. The van der Waals surface area contributed by atoms with Gasteiger partial charge in [0.15, 0.2) is 0 Å². The molecular formula is C22H28N4O2. The number of nitrogens with one attached hydrogen (secondary N) is 3. The SMILES string of the molecule is CC(C)C(NC(=O)Nc1ccccc1)C(=O)Nc1ccc(N2CCCC2)cc1. The number of rotatable bonds is 6. The summed E-state index contributed by atoms with van der Waals surface area (Å²) in [6, 6.07) is 16.0. The number of amides is 3. The molecule has 1 heterocycles. The van der Waals surface area contributed by atoms with Gasteiger partial charge in [-0.3, -0.25) is 4.79 Å². The van der Waals surface area contributed by atoms with E-state index in [0.717, 1.165) is 18.8 Å². The van der Waals surface area contributed by atoms with Gasteiger partial charge in [0, 0.05) is 30.2 Å². The van der Waals surface area contributed by atoms with Crippen molar-refractivity contribution < 1.29 is 9.59 Å². The maximum Gasteiger partial charge on any atom is 0.319 e. The Balaban J connectivity index is 1.58. The lowest BCUT2D eigenvalue weighted by atomic mass is 10.0. The minimum absolute atomic E-state index is 0.0506. The van der Waals surface area contributed by atoms with Gasteiger partial charge in [-0.05, 0) is 55.2 Å². The summed E-state index contributed by atoms with van der Waals surface area (Å²) in [5.41, 5.74) is 2.58. The largest absolute Gasteiger partial charge is 0.372 e. The molecule has 1 unspecified atom stereocenters. The summed E-state index contributed by atoms with van der Waals surface area (Å²) in [7, 11) is 0. The highest BCUT2D eigenvalue weighted by Crippen LogP contribution is 2.22. The standard InChI is InChI=1S/C22H28N4O2/c1-16(2)20(25-22(28)24-17-8-4-3-5-9-17)21(27)23-18-10-12-19(13-11-18)26-14-6-7-15-26/h3-5,8-13,16,20H,6-7,14-15H2,1-2H3,(H,23,27)(H2,24,25,28). The Hall–Kier alpha value is -3.02. The molecule has 0 radical (unpaired) electrons. The highest BCUT2D eigenvalue weighted by molar-refractivity contribution is 5.99. The van der Waals surface area contributed by atoms with Crippen LogP contribution in [0.4, 0.5) is 21.9 Å². The van der Waals surface area contributed by atoms with Crippen molar-refractivity contribution in [1.82, 2.24) is 5.32 Å². The fourth-order valence-electron chi connectivity index (χ4n) is 3.32. The average molecular weight is 380 g/mol. The molecule has 2 aromatic carbocycles. The van der Waals surface area contributed by atoms with Crippen LogP contribution in [0.3, 0.4) is 0 Å². The molecule has 6 heteroatoms. The number of hydrogen-bond acceptors (Lipinski definition) is 3. The van der Waals surface area contributed by atoms with Crippen molar-refractivity contribution in [3.63, 3.8) is 0 Å².